The van der Waals surface area contributed by atoms with Gasteiger partial charge in [0.1, 0.15) is 4.75 Å². The molecule has 0 spiro atoms. The first kappa shape index (κ1) is 9.43. The van der Waals surface area contributed by atoms with Crippen LogP contribution in [-0.2, 0) is 0 Å². The molecule has 2 N–H and O–H groups in total. The minimum atomic E-state index is -0.385. The molecule has 0 saturated carbocycles. The predicted octanol–water partition coefficient (Wildman–Crippen LogP) is 1.40. The van der Waals surface area contributed by atoms with E-state index in [2.05, 4.69) is 23.7 Å². The summed E-state index contributed by atoms with van der Waals surface area (Å²) < 4.78 is -0.385. The summed E-state index contributed by atoms with van der Waals surface area (Å²) in [6.45, 7) is 5.47. The van der Waals surface area contributed by atoms with Crippen LogP contribution in [0, 0.1) is 23.7 Å². The molecule has 0 atom stereocenters. The molecule has 10 heavy (non-hydrogen) atoms. The fourth-order valence-electron chi connectivity index (χ4n) is 0.567. The van der Waals surface area contributed by atoms with Crippen LogP contribution in [0.25, 0.3) is 0 Å². The van der Waals surface area contributed by atoms with E-state index in [0.717, 1.165) is 0 Å². The van der Waals surface area contributed by atoms with Crippen molar-refractivity contribution in [1.29, 1.82) is 0 Å². The van der Waals surface area contributed by atoms with Gasteiger partial charge in [-0.15, -0.1) is 11.8 Å². The minimum absolute atomic E-state index is 0.385. The molecule has 1 nitrogen and oxygen atoms in total. The maximum absolute atomic E-state index is 5.39. The normalized spacial score (nSPS) is 8.80. The molecule has 0 fully saturated rings. The lowest BCUT2D eigenvalue weighted by Crippen LogP contribution is -2.16. The smallest absolute Gasteiger partial charge is 0.147 e. The van der Waals surface area contributed by atoms with E-state index in [1.165, 1.54) is 11.9 Å². The molecule has 0 heterocycles. The van der Waals surface area contributed by atoms with E-state index < -0.39 is 0 Å². The van der Waals surface area contributed by atoms with Gasteiger partial charge in [0, 0.05) is 0 Å². The highest BCUT2D eigenvalue weighted by Crippen LogP contribution is 2.16. The van der Waals surface area contributed by atoms with Crippen LogP contribution in [-0.4, -0.2) is 4.75 Å². The van der Waals surface area contributed by atoms with Gasteiger partial charge in [-0.1, -0.05) is 23.8 Å². The van der Waals surface area contributed by atoms with Crippen LogP contribution < -0.4 is 5.14 Å². The van der Waals surface area contributed by atoms with E-state index in [1.807, 2.05) is 6.92 Å². The van der Waals surface area contributed by atoms with Crippen LogP contribution in [0.1, 0.15) is 20.8 Å². The first-order chi connectivity index (χ1) is 4.68. The highest BCUT2D eigenvalue weighted by Gasteiger charge is 2.15. The summed E-state index contributed by atoms with van der Waals surface area (Å²) in [4.78, 5) is 0. The minimum Gasteiger partial charge on any atom is -0.276 e. The maximum Gasteiger partial charge on any atom is 0.147 e. The lowest BCUT2D eigenvalue weighted by Gasteiger charge is -2.10. The number of hydrogen-bond donors (Lipinski definition) is 1. The second-order valence-electron chi connectivity index (χ2n) is 1.90. The Labute approximate surface area is 66.9 Å². The van der Waals surface area contributed by atoms with Crippen molar-refractivity contribution in [3.8, 4) is 23.7 Å². The quantitative estimate of drug-likeness (QED) is 0.455. The van der Waals surface area contributed by atoms with Crippen molar-refractivity contribution in [1.82, 2.24) is 0 Å². The lowest BCUT2D eigenvalue weighted by atomic mass is 10.2. The number of rotatable bonds is 1. The first-order valence-corrected chi connectivity index (χ1v) is 3.82. The molecule has 54 valence electrons. The van der Waals surface area contributed by atoms with E-state index in [9.17, 15) is 0 Å². The zero-order valence-electron chi connectivity index (χ0n) is 6.49. The summed E-state index contributed by atoms with van der Waals surface area (Å²) in [6.07, 6.45) is 0. The first-order valence-electron chi connectivity index (χ1n) is 2.94. The molecule has 0 rings (SSSR count). The number of nitrogens with two attached hydrogens (primary N) is 1. The van der Waals surface area contributed by atoms with Crippen LogP contribution in [0.5, 0.6) is 0 Å². The third-order valence-corrected chi connectivity index (χ3v) is 1.64. The SMILES string of the molecule is CC#CC(C)(C#CC)SN. The summed E-state index contributed by atoms with van der Waals surface area (Å²) in [5.41, 5.74) is 0. The fraction of sp³-hybridized carbons (Fsp3) is 0.500. The molecule has 0 aromatic rings. The van der Waals surface area contributed by atoms with Gasteiger partial charge in [0.15, 0.2) is 0 Å². The van der Waals surface area contributed by atoms with Gasteiger partial charge in [-0.05, 0) is 20.8 Å². The van der Waals surface area contributed by atoms with Gasteiger partial charge in [0.25, 0.3) is 0 Å². The van der Waals surface area contributed by atoms with Gasteiger partial charge >= 0.3 is 0 Å². The van der Waals surface area contributed by atoms with Crippen molar-refractivity contribution in [2.45, 2.75) is 25.5 Å². The Morgan fingerprint density at radius 2 is 1.60 bits per heavy atom. The molecule has 0 saturated heterocycles. The molecule has 2 heteroatoms. The van der Waals surface area contributed by atoms with Crippen molar-refractivity contribution >= 4 is 11.9 Å². The van der Waals surface area contributed by atoms with Crippen LogP contribution in [0.4, 0.5) is 0 Å². The van der Waals surface area contributed by atoms with Gasteiger partial charge in [0.2, 0.25) is 0 Å². The average molecular weight is 153 g/mol. The van der Waals surface area contributed by atoms with Crippen molar-refractivity contribution in [3.05, 3.63) is 0 Å². The van der Waals surface area contributed by atoms with Gasteiger partial charge in [-0.2, -0.15) is 0 Å². The van der Waals surface area contributed by atoms with Crippen molar-refractivity contribution in [3.63, 3.8) is 0 Å². The Morgan fingerprint density at radius 3 is 1.80 bits per heavy atom. The fourth-order valence-corrected chi connectivity index (χ4v) is 0.889. The summed E-state index contributed by atoms with van der Waals surface area (Å²) in [5, 5.41) is 5.39. The lowest BCUT2D eigenvalue weighted by molar-refractivity contribution is 1.09. The highest BCUT2D eigenvalue weighted by molar-refractivity contribution is 7.98. The third kappa shape index (κ3) is 2.82. The highest BCUT2D eigenvalue weighted by atomic mass is 32.2. The molecule has 0 amide bonds. The van der Waals surface area contributed by atoms with E-state index in [4.69, 9.17) is 5.14 Å². The standard InChI is InChI=1S/C8H11NS/c1-4-6-8(3,10-9)7-5-2/h9H2,1-3H3. The molecule has 0 aliphatic carbocycles. The molecule has 0 aromatic carbocycles. The van der Waals surface area contributed by atoms with Gasteiger partial charge in [-0.25, -0.2) is 0 Å². The van der Waals surface area contributed by atoms with Crippen molar-refractivity contribution in [2.24, 2.45) is 5.14 Å². The zero-order chi connectivity index (χ0) is 8.04. The molecule has 0 aliphatic rings. The van der Waals surface area contributed by atoms with E-state index >= 15 is 0 Å². The molecule has 0 aromatic heterocycles. The largest absolute Gasteiger partial charge is 0.276 e. The third-order valence-electron chi connectivity index (χ3n) is 0.963. The monoisotopic (exact) mass is 153 g/mol. The summed E-state index contributed by atoms with van der Waals surface area (Å²) >= 11 is 1.17. The molecular formula is C8H11NS. The van der Waals surface area contributed by atoms with E-state index in [1.54, 1.807) is 13.8 Å². The molecule has 0 bridgehead atoms. The molecule has 0 radical (unpaired) electrons. The van der Waals surface area contributed by atoms with Crippen LogP contribution >= 0.6 is 11.9 Å². The molecule has 0 aliphatic heterocycles. The van der Waals surface area contributed by atoms with Gasteiger partial charge < -0.3 is 0 Å². The Kier molecular flexibility index (Phi) is 4.03. The van der Waals surface area contributed by atoms with Crippen molar-refractivity contribution < 1.29 is 0 Å². The van der Waals surface area contributed by atoms with E-state index in [-0.39, 0.29) is 4.75 Å². The van der Waals surface area contributed by atoms with Crippen molar-refractivity contribution in [2.75, 3.05) is 0 Å². The van der Waals surface area contributed by atoms with Crippen LogP contribution in [0.2, 0.25) is 0 Å². The van der Waals surface area contributed by atoms with Gasteiger partial charge in [0.05, 0.1) is 0 Å². The summed E-state index contributed by atoms with van der Waals surface area (Å²) in [7, 11) is 0. The van der Waals surface area contributed by atoms with Crippen LogP contribution in [0.15, 0.2) is 0 Å². The average Bonchev–Trinajstić information content (AvgIpc) is 1.89. The van der Waals surface area contributed by atoms with Gasteiger partial charge in [-0.3, -0.25) is 5.14 Å². The molecular weight excluding hydrogens is 142 g/mol. The van der Waals surface area contributed by atoms with Crippen LogP contribution in [0.3, 0.4) is 0 Å². The summed E-state index contributed by atoms with van der Waals surface area (Å²) in [6, 6.07) is 0. The number of hydrogen-bond acceptors (Lipinski definition) is 2. The topological polar surface area (TPSA) is 26.0 Å². The Balaban J connectivity index is 4.44. The predicted molar refractivity (Wildman–Crippen MR) is 47.1 cm³/mol. The Hall–Kier alpha value is -0.570. The maximum atomic E-state index is 5.39. The zero-order valence-corrected chi connectivity index (χ0v) is 7.30. The summed E-state index contributed by atoms with van der Waals surface area (Å²) in [5.74, 6) is 11.4. The molecule has 0 unspecified atom stereocenters. The Bertz CT molecular complexity index is 191. The van der Waals surface area contributed by atoms with E-state index in [0.29, 0.717) is 0 Å². The second-order valence-corrected chi connectivity index (χ2v) is 2.95. The Morgan fingerprint density at radius 1 is 1.20 bits per heavy atom. The second kappa shape index (κ2) is 4.28.